The predicted octanol–water partition coefficient (Wildman–Crippen LogP) is 1.61. The van der Waals surface area contributed by atoms with Crippen LogP contribution in [0.25, 0.3) is 0 Å². The number of hydrogen-bond donors (Lipinski definition) is 1. The maximum atomic E-state index is 11.5. The molecule has 0 spiro atoms. The van der Waals surface area contributed by atoms with Crippen LogP contribution in [0.5, 0.6) is 0 Å². The van der Waals surface area contributed by atoms with Crippen molar-refractivity contribution in [1.29, 1.82) is 0 Å². The number of carboxylic acids is 1. The highest BCUT2D eigenvalue weighted by Crippen LogP contribution is 2.39. The molecule has 1 N–H and O–H groups in total. The maximum absolute atomic E-state index is 11.5. The van der Waals surface area contributed by atoms with Crippen molar-refractivity contribution in [2.24, 2.45) is 0 Å². The normalized spacial score (nSPS) is 21.3. The van der Waals surface area contributed by atoms with Crippen LogP contribution in [0, 0.1) is 0 Å². The number of benzene rings is 1. The van der Waals surface area contributed by atoms with E-state index in [-0.39, 0.29) is 17.9 Å². The Kier molecular flexibility index (Phi) is 3.43. The van der Waals surface area contributed by atoms with Gasteiger partial charge in [-0.15, -0.1) is 0 Å². The van der Waals surface area contributed by atoms with E-state index in [2.05, 4.69) is 0 Å². The Labute approximate surface area is 107 Å². The van der Waals surface area contributed by atoms with Crippen LogP contribution < -0.4 is 0 Å². The number of carbonyl (C=O) groups is 1. The molecule has 2 rings (SSSR count). The van der Waals surface area contributed by atoms with Gasteiger partial charge in [0.1, 0.15) is 9.84 Å². The van der Waals surface area contributed by atoms with Gasteiger partial charge < -0.3 is 5.11 Å². The largest absolute Gasteiger partial charge is 0.481 e. The van der Waals surface area contributed by atoms with E-state index in [9.17, 15) is 13.2 Å². The monoisotopic (exact) mass is 268 g/mol. The molecule has 0 radical (unpaired) electrons. The molecule has 98 valence electrons. The van der Waals surface area contributed by atoms with Crippen molar-refractivity contribution in [2.45, 2.75) is 24.7 Å². The van der Waals surface area contributed by atoms with Gasteiger partial charge in [-0.25, -0.2) is 8.42 Å². The molecular formula is C13H16O4S. The zero-order valence-electron chi connectivity index (χ0n) is 10.0. The molecule has 4 nitrogen and oxygen atoms in total. The predicted molar refractivity (Wildman–Crippen MR) is 68.3 cm³/mol. The van der Waals surface area contributed by atoms with Gasteiger partial charge in [-0.2, -0.15) is 0 Å². The van der Waals surface area contributed by atoms with Crippen LogP contribution >= 0.6 is 0 Å². The Bertz CT molecular complexity index is 519. The first-order valence-corrected chi connectivity index (χ1v) is 7.73. The van der Waals surface area contributed by atoms with Gasteiger partial charge in [-0.1, -0.05) is 30.3 Å². The summed E-state index contributed by atoms with van der Waals surface area (Å²) in [6.45, 7) is 0. The lowest BCUT2D eigenvalue weighted by Crippen LogP contribution is -2.38. The standard InChI is InChI=1S/C13H16O4S/c14-12(15)10-13(11-4-2-1-3-5-11)6-8-18(16,17)9-7-13/h1-5H,6-10H2,(H,14,15). The summed E-state index contributed by atoms with van der Waals surface area (Å²) in [5.74, 6) is -0.720. The summed E-state index contributed by atoms with van der Waals surface area (Å²) in [6.07, 6.45) is 0.782. The Morgan fingerprint density at radius 1 is 1.17 bits per heavy atom. The molecular weight excluding hydrogens is 252 g/mol. The summed E-state index contributed by atoms with van der Waals surface area (Å²) in [5.41, 5.74) is 0.403. The maximum Gasteiger partial charge on any atom is 0.304 e. The average molecular weight is 268 g/mol. The lowest BCUT2D eigenvalue weighted by atomic mass is 9.73. The molecule has 1 aliphatic rings. The number of hydrogen-bond acceptors (Lipinski definition) is 3. The Morgan fingerprint density at radius 2 is 1.72 bits per heavy atom. The molecule has 1 aromatic rings. The van der Waals surface area contributed by atoms with Gasteiger partial charge in [0.2, 0.25) is 0 Å². The summed E-state index contributed by atoms with van der Waals surface area (Å²) in [5, 5.41) is 9.07. The molecule has 1 fully saturated rings. The molecule has 0 bridgehead atoms. The van der Waals surface area contributed by atoms with Crippen LogP contribution in [0.4, 0.5) is 0 Å². The first-order valence-electron chi connectivity index (χ1n) is 5.91. The molecule has 0 amide bonds. The molecule has 0 aromatic heterocycles. The highest BCUT2D eigenvalue weighted by Gasteiger charge is 2.40. The highest BCUT2D eigenvalue weighted by atomic mass is 32.2. The molecule has 1 aliphatic heterocycles. The quantitative estimate of drug-likeness (QED) is 0.904. The minimum atomic E-state index is -2.99. The van der Waals surface area contributed by atoms with Gasteiger partial charge in [0.05, 0.1) is 17.9 Å². The Balaban J connectivity index is 2.34. The zero-order chi connectivity index (χ0) is 13.2. The molecule has 0 atom stereocenters. The van der Waals surface area contributed by atoms with Gasteiger partial charge >= 0.3 is 5.97 Å². The SMILES string of the molecule is O=C(O)CC1(c2ccccc2)CCS(=O)(=O)CC1. The summed E-state index contributed by atoms with van der Waals surface area (Å²) in [6, 6.07) is 9.38. The highest BCUT2D eigenvalue weighted by molar-refractivity contribution is 7.91. The lowest BCUT2D eigenvalue weighted by Gasteiger charge is -2.36. The van der Waals surface area contributed by atoms with Crippen molar-refractivity contribution < 1.29 is 18.3 Å². The number of carboxylic acid groups (broad SMARTS) is 1. The Morgan fingerprint density at radius 3 is 2.22 bits per heavy atom. The van der Waals surface area contributed by atoms with Gasteiger partial charge in [0, 0.05) is 5.41 Å². The van der Waals surface area contributed by atoms with Gasteiger partial charge in [-0.05, 0) is 18.4 Å². The molecule has 1 saturated heterocycles. The molecule has 1 heterocycles. The zero-order valence-corrected chi connectivity index (χ0v) is 10.8. The number of aliphatic carboxylic acids is 1. The van der Waals surface area contributed by atoms with Crippen LogP contribution in [-0.2, 0) is 20.0 Å². The molecule has 0 saturated carbocycles. The van der Waals surface area contributed by atoms with E-state index in [1.165, 1.54) is 0 Å². The van der Waals surface area contributed by atoms with E-state index in [0.29, 0.717) is 12.8 Å². The van der Waals surface area contributed by atoms with Crippen molar-refractivity contribution in [3.8, 4) is 0 Å². The van der Waals surface area contributed by atoms with Crippen molar-refractivity contribution in [2.75, 3.05) is 11.5 Å². The second-order valence-corrected chi connectivity index (χ2v) is 7.17. The second-order valence-electron chi connectivity index (χ2n) is 4.87. The van der Waals surface area contributed by atoms with Crippen LogP contribution in [0.1, 0.15) is 24.8 Å². The molecule has 0 unspecified atom stereocenters. The lowest BCUT2D eigenvalue weighted by molar-refractivity contribution is -0.138. The van der Waals surface area contributed by atoms with E-state index >= 15 is 0 Å². The third kappa shape index (κ3) is 2.72. The van der Waals surface area contributed by atoms with Crippen molar-refractivity contribution in [3.05, 3.63) is 35.9 Å². The topological polar surface area (TPSA) is 71.4 Å². The molecule has 18 heavy (non-hydrogen) atoms. The Hall–Kier alpha value is -1.36. The molecule has 1 aromatic carbocycles. The second kappa shape index (κ2) is 4.72. The summed E-state index contributed by atoms with van der Waals surface area (Å²) >= 11 is 0. The van der Waals surface area contributed by atoms with E-state index in [0.717, 1.165) is 5.56 Å². The fraction of sp³-hybridized carbons (Fsp3) is 0.462. The minimum Gasteiger partial charge on any atom is -0.481 e. The molecule has 0 aliphatic carbocycles. The van der Waals surface area contributed by atoms with Crippen molar-refractivity contribution in [3.63, 3.8) is 0 Å². The van der Waals surface area contributed by atoms with E-state index in [1.807, 2.05) is 30.3 Å². The van der Waals surface area contributed by atoms with Crippen LogP contribution in [0.3, 0.4) is 0 Å². The third-order valence-electron chi connectivity index (χ3n) is 3.66. The first kappa shape index (κ1) is 13.1. The van der Waals surface area contributed by atoms with E-state index in [4.69, 9.17) is 5.11 Å². The van der Waals surface area contributed by atoms with Crippen LogP contribution in [-0.4, -0.2) is 31.0 Å². The summed E-state index contributed by atoms with van der Waals surface area (Å²) in [7, 11) is -2.99. The third-order valence-corrected chi connectivity index (χ3v) is 5.31. The van der Waals surface area contributed by atoms with Gasteiger partial charge in [0.15, 0.2) is 0 Å². The van der Waals surface area contributed by atoms with Crippen molar-refractivity contribution in [1.82, 2.24) is 0 Å². The number of rotatable bonds is 3. The average Bonchev–Trinajstić information content (AvgIpc) is 2.33. The van der Waals surface area contributed by atoms with E-state index < -0.39 is 21.2 Å². The van der Waals surface area contributed by atoms with Gasteiger partial charge in [-0.3, -0.25) is 4.79 Å². The fourth-order valence-electron chi connectivity index (χ4n) is 2.58. The fourth-order valence-corrected chi connectivity index (χ4v) is 4.19. The van der Waals surface area contributed by atoms with Gasteiger partial charge in [0.25, 0.3) is 0 Å². The summed E-state index contributed by atoms with van der Waals surface area (Å²) < 4.78 is 23.0. The summed E-state index contributed by atoms with van der Waals surface area (Å²) in [4.78, 5) is 11.1. The smallest absolute Gasteiger partial charge is 0.304 e. The molecule has 5 heteroatoms. The van der Waals surface area contributed by atoms with Crippen molar-refractivity contribution >= 4 is 15.8 Å². The minimum absolute atomic E-state index is 0.00741. The van der Waals surface area contributed by atoms with E-state index in [1.54, 1.807) is 0 Å². The number of sulfone groups is 1. The first-order chi connectivity index (χ1) is 8.44. The van der Waals surface area contributed by atoms with Crippen LogP contribution in [0.2, 0.25) is 0 Å². The van der Waals surface area contributed by atoms with Crippen LogP contribution in [0.15, 0.2) is 30.3 Å².